The molecule has 0 saturated carbocycles. The van der Waals surface area contributed by atoms with Crippen LogP contribution in [0.15, 0.2) is 30.3 Å². The highest BCUT2D eigenvalue weighted by Crippen LogP contribution is 2.44. The van der Waals surface area contributed by atoms with E-state index in [9.17, 15) is 24.6 Å². The molecule has 0 aromatic heterocycles. The highest BCUT2D eigenvalue weighted by Gasteiger charge is 2.40. The summed E-state index contributed by atoms with van der Waals surface area (Å²) in [5.74, 6) is -3.04. The van der Waals surface area contributed by atoms with Crippen LogP contribution in [0.1, 0.15) is 52.4 Å². The van der Waals surface area contributed by atoms with Gasteiger partial charge in [-0.2, -0.15) is 0 Å². The number of phenols is 2. The number of hydrogen-bond acceptors (Lipinski definition) is 6. The minimum Gasteiger partial charge on any atom is -0.507 e. The van der Waals surface area contributed by atoms with Crippen LogP contribution in [0.5, 0.6) is 11.5 Å². The number of rotatable bonds is 3. The van der Waals surface area contributed by atoms with Gasteiger partial charge in [-0.15, -0.1) is 0 Å². The number of aromatic hydroxyl groups is 2. The number of phenolic OH excluding ortho intramolecular Hbond substituents is 2. The third-order valence-electron chi connectivity index (χ3n) is 4.47. The molecule has 3 rings (SSSR count). The molecular weight excluding hydrogens is 336 g/mol. The van der Waals surface area contributed by atoms with Gasteiger partial charge in [-0.3, -0.25) is 14.4 Å². The molecule has 0 heterocycles. The summed E-state index contributed by atoms with van der Waals surface area (Å²) >= 11 is 0. The first-order chi connectivity index (χ1) is 12.2. The molecule has 0 radical (unpaired) electrons. The van der Waals surface area contributed by atoms with Gasteiger partial charge in [0.1, 0.15) is 11.5 Å². The predicted octanol–water partition coefficient (Wildman–Crippen LogP) is 2.60. The fourth-order valence-corrected chi connectivity index (χ4v) is 3.46. The van der Waals surface area contributed by atoms with Crippen LogP contribution >= 0.6 is 0 Å². The highest BCUT2D eigenvalue weighted by molar-refractivity contribution is 6.18. The monoisotopic (exact) mass is 354 g/mol. The summed E-state index contributed by atoms with van der Waals surface area (Å²) in [6.45, 7) is 4.40. The van der Waals surface area contributed by atoms with E-state index < -0.39 is 29.6 Å². The minimum atomic E-state index is -1.04. The predicted molar refractivity (Wildman–Crippen MR) is 92.5 cm³/mol. The first kappa shape index (κ1) is 17.7. The number of benzene rings is 2. The number of ketones is 2. The Kier molecular flexibility index (Phi) is 4.28. The molecule has 0 unspecified atom stereocenters. The van der Waals surface area contributed by atoms with Crippen molar-refractivity contribution in [3.05, 3.63) is 58.1 Å². The van der Waals surface area contributed by atoms with Gasteiger partial charge < -0.3 is 14.9 Å². The van der Waals surface area contributed by atoms with Crippen LogP contribution in [0.25, 0.3) is 0 Å². The van der Waals surface area contributed by atoms with Gasteiger partial charge in [0, 0.05) is 6.92 Å². The molecule has 2 aromatic carbocycles. The number of carbonyl (C=O) groups excluding carboxylic acids is 3. The summed E-state index contributed by atoms with van der Waals surface area (Å²) in [5, 5.41) is 20.5. The summed E-state index contributed by atoms with van der Waals surface area (Å²) < 4.78 is 5.01. The fourth-order valence-electron chi connectivity index (χ4n) is 3.46. The lowest BCUT2D eigenvalue weighted by Gasteiger charge is -2.29. The van der Waals surface area contributed by atoms with Gasteiger partial charge in [-0.1, -0.05) is 18.2 Å². The van der Waals surface area contributed by atoms with Gasteiger partial charge in [0.15, 0.2) is 11.9 Å². The number of ether oxygens (including phenoxy) is 1. The molecule has 0 bridgehead atoms. The Morgan fingerprint density at radius 1 is 1.08 bits per heavy atom. The Labute approximate surface area is 150 Å². The second kappa shape index (κ2) is 6.29. The molecule has 6 heteroatoms. The Morgan fingerprint density at radius 3 is 2.38 bits per heavy atom. The average molecular weight is 354 g/mol. The van der Waals surface area contributed by atoms with Crippen molar-refractivity contribution in [3.8, 4) is 11.5 Å². The molecule has 0 amide bonds. The van der Waals surface area contributed by atoms with Crippen LogP contribution in [0.3, 0.4) is 0 Å². The van der Waals surface area contributed by atoms with Crippen LogP contribution in [0, 0.1) is 6.92 Å². The maximum atomic E-state index is 13.0. The number of Topliss-reactive ketones (excluding diaryl/α,β-unsaturated/α-hetero) is 1. The normalized spacial score (nSPS) is 16.4. The Morgan fingerprint density at radius 2 is 1.73 bits per heavy atom. The third kappa shape index (κ3) is 2.73. The van der Waals surface area contributed by atoms with E-state index in [1.165, 1.54) is 26.0 Å². The minimum absolute atomic E-state index is 0.0158. The van der Waals surface area contributed by atoms with Crippen molar-refractivity contribution in [1.82, 2.24) is 0 Å². The Balaban J connectivity index is 2.27. The molecule has 2 aromatic rings. The van der Waals surface area contributed by atoms with E-state index >= 15 is 0 Å². The molecule has 0 aliphatic heterocycles. The molecule has 0 saturated heterocycles. The van der Waals surface area contributed by atoms with Crippen molar-refractivity contribution >= 4 is 17.5 Å². The van der Waals surface area contributed by atoms with Crippen LogP contribution in [-0.4, -0.2) is 33.9 Å². The van der Waals surface area contributed by atoms with Crippen molar-refractivity contribution in [2.45, 2.75) is 32.8 Å². The summed E-state index contributed by atoms with van der Waals surface area (Å²) in [6, 6.07) is 7.56. The third-order valence-corrected chi connectivity index (χ3v) is 4.47. The van der Waals surface area contributed by atoms with E-state index in [2.05, 4.69) is 0 Å². The molecular formula is C20H18O6. The topological polar surface area (TPSA) is 101 Å². The van der Waals surface area contributed by atoms with E-state index in [0.29, 0.717) is 16.7 Å². The summed E-state index contributed by atoms with van der Waals surface area (Å²) in [6.07, 6.45) is -1.04. The zero-order chi connectivity index (χ0) is 19.2. The van der Waals surface area contributed by atoms with Gasteiger partial charge in [-0.05, 0) is 42.7 Å². The van der Waals surface area contributed by atoms with Gasteiger partial charge in [0.2, 0.25) is 5.78 Å². The maximum absolute atomic E-state index is 13.0. The van der Waals surface area contributed by atoms with E-state index in [-0.39, 0.29) is 22.6 Å². The van der Waals surface area contributed by atoms with Crippen molar-refractivity contribution in [3.63, 3.8) is 0 Å². The lowest BCUT2D eigenvalue weighted by molar-refractivity contribution is -0.152. The van der Waals surface area contributed by atoms with Crippen molar-refractivity contribution in [2.75, 3.05) is 0 Å². The lowest BCUT2D eigenvalue weighted by Crippen LogP contribution is -2.33. The smallest absolute Gasteiger partial charge is 0.303 e. The largest absolute Gasteiger partial charge is 0.507 e. The first-order valence-electron chi connectivity index (χ1n) is 8.13. The van der Waals surface area contributed by atoms with E-state index in [4.69, 9.17) is 4.74 Å². The molecule has 2 atom stereocenters. The van der Waals surface area contributed by atoms with Crippen molar-refractivity contribution in [1.29, 1.82) is 0 Å². The second-order valence-corrected chi connectivity index (χ2v) is 6.41. The van der Waals surface area contributed by atoms with Gasteiger partial charge in [0.25, 0.3) is 0 Å². The standard InChI is InChI=1S/C20H18O6/c1-9-7-13-16(19(24)10(2)26-11(3)21)12-5-4-6-14(22)17(12)20(25)18(13)15(23)8-9/h4-8,10,16,22-23H,1-3H3/t10-,16-/m1/s1. The van der Waals surface area contributed by atoms with Gasteiger partial charge in [0.05, 0.1) is 17.0 Å². The molecule has 1 aliphatic rings. The molecule has 2 N–H and O–H groups in total. The SMILES string of the molecule is CC(=O)O[C@H](C)C(=O)[C@@H]1c2cccc(O)c2C(=O)c2c(O)cc(C)cc21. The Bertz CT molecular complexity index is 944. The zero-order valence-corrected chi connectivity index (χ0v) is 14.6. The number of aryl methyl sites for hydroxylation is 1. The van der Waals surface area contributed by atoms with Crippen LogP contribution in [0.4, 0.5) is 0 Å². The fraction of sp³-hybridized carbons (Fsp3) is 0.250. The number of esters is 1. The van der Waals surface area contributed by atoms with E-state index in [1.54, 1.807) is 25.1 Å². The van der Waals surface area contributed by atoms with Crippen molar-refractivity contribution in [2.24, 2.45) is 0 Å². The van der Waals surface area contributed by atoms with E-state index in [1.807, 2.05) is 0 Å². The zero-order valence-electron chi connectivity index (χ0n) is 14.6. The quantitative estimate of drug-likeness (QED) is 0.822. The second-order valence-electron chi connectivity index (χ2n) is 6.41. The summed E-state index contributed by atoms with van der Waals surface area (Å²) in [4.78, 5) is 37.1. The number of carbonyl (C=O) groups is 3. The average Bonchev–Trinajstić information content (AvgIpc) is 2.53. The number of fused-ring (bicyclic) bond motifs is 2. The molecule has 0 spiro atoms. The van der Waals surface area contributed by atoms with Crippen LogP contribution in [-0.2, 0) is 14.3 Å². The molecule has 26 heavy (non-hydrogen) atoms. The van der Waals surface area contributed by atoms with Gasteiger partial charge >= 0.3 is 5.97 Å². The molecule has 0 fully saturated rings. The molecule has 6 nitrogen and oxygen atoms in total. The van der Waals surface area contributed by atoms with E-state index in [0.717, 1.165) is 0 Å². The summed E-state index contributed by atoms with van der Waals surface area (Å²) in [7, 11) is 0. The molecule has 1 aliphatic carbocycles. The Hall–Kier alpha value is -3.15. The van der Waals surface area contributed by atoms with Crippen LogP contribution in [0.2, 0.25) is 0 Å². The van der Waals surface area contributed by atoms with Crippen LogP contribution < -0.4 is 0 Å². The van der Waals surface area contributed by atoms with Gasteiger partial charge in [-0.25, -0.2) is 0 Å². The maximum Gasteiger partial charge on any atom is 0.303 e. The first-order valence-corrected chi connectivity index (χ1v) is 8.13. The lowest BCUT2D eigenvalue weighted by atomic mass is 9.73. The van der Waals surface area contributed by atoms with Crippen molar-refractivity contribution < 1.29 is 29.3 Å². The summed E-state index contributed by atoms with van der Waals surface area (Å²) in [5.41, 5.74) is 1.31. The number of hydrogen-bond donors (Lipinski definition) is 2. The highest BCUT2D eigenvalue weighted by atomic mass is 16.5. The molecule has 134 valence electrons.